The van der Waals surface area contributed by atoms with E-state index in [1.165, 1.54) is 43.3 Å². The van der Waals surface area contributed by atoms with Crippen LogP contribution in [-0.4, -0.2) is 62.2 Å². The van der Waals surface area contributed by atoms with Crippen LogP contribution >= 0.6 is 0 Å². The average molecular weight is 668 g/mol. The van der Waals surface area contributed by atoms with Crippen molar-refractivity contribution in [1.82, 2.24) is 19.4 Å². The molecule has 3 aromatic carbocycles. The molecule has 0 aliphatic carbocycles. The van der Waals surface area contributed by atoms with E-state index in [0.717, 1.165) is 18.2 Å². The molecule has 2 aromatic heterocycles. The van der Waals surface area contributed by atoms with Crippen molar-refractivity contribution in [3.05, 3.63) is 112 Å². The van der Waals surface area contributed by atoms with E-state index in [1.807, 2.05) is 10.6 Å². The number of hydrogen-bond acceptors (Lipinski definition) is 7. The third-order valence-electron chi connectivity index (χ3n) is 9.11. The standard InChI is InChI=1S/C36H28F3N5O5/c1-19(45)43-15-25-32(18-48-33(25)16-43)44-31-11-21(36(46)47)7-8-30(31)41-34(44)12-23-10-28(39)24(13-27(23)38)29-3-2-4-35(42-29)49-17-22-6-5-20(14-40)9-26(22)37/h2-11,13,25,32-33H,12,15-18H2,1H3,(H,46,47)/t25-,32-,33-/m1/s1. The Labute approximate surface area is 278 Å². The highest BCUT2D eigenvalue weighted by Gasteiger charge is 2.46. The van der Waals surface area contributed by atoms with E-state index >= 15 is 8.78 Å². The lowest BCUT2D eigenvalue weighted by Crippen LogP contribution is -2.29. The molecule has 0 spiro atoms. The maximum atomic E-state index is 15.8. The van der Waals surface area contributed by atoms with Gasteiger partial charge < -0.3 is 24.0 Å². The molecule has 0 saturated carbocycles. The van der Waals surface area contributed by atoms with Crippen molar-refractivity contribution in [1.29, 1.82) is 5.26 Å². The molecular formula is C36H28F3N5O5. The average Bonchev–Trinajstić information content (AvgIpc) is 3.78. The lowest BCUT2D eigenvalue weighted by molar-refractivity contribution is -0.128. The minimum atomic E-state index is -1.12. The summed E-state index contributed by atoms with van der Waals surface area (Å²) in [6.45, 7) is 2.46. The topological polar surface area (TPSA) is 131 Å². The monoisotopic (exact) mass is 667 g/mol. The number of amides is 1. The Balaban J connectivity index is 1.18. The first-order valence-electron chi connectivity index (χ1n) is 15.5. The number of rotatable bonds is 8. The molecule has 4 heterocycles. The normalized spacial score (nSPS) is 18.4. The molecule has 10 nitrogen and oxygen atoms in total. The van der Waals surface area contributed by atoms with Crippen LogP contribution in [0.25, 0.3) is 22.3 Å². The molecule has 2 aliphatic heterocycles. The van der Waals surface area contributed by atoms with Crippen LogP contribution in [-0.2, 0) is 22.6 Å². The van der Waals surface area contributed by atoms with Gasteiger partial charge in [-0.15, -0.1) is 0 Å². The Kier molecular flexibility index (Phi) is 8.25. The molecule has 0 bridgehead atoms. The quantitative estimate of drug-likeness (QED) is 0.224. The molecule has 7 rings (SSSR count). The number of nitrogens with zero attached hydrogens (tertiary/aromatic N) is 5. The number of fused-ring (bicyclic) bond motifs is 2. The number of halogens is 3. The Morgan fingerprint density at radius 3 is 2.57 bits per heavy atom. The van der Waals surface area contributed by atoms with Gasteiger partial charge in [0, 0.05) is 49.5 Å². The Morgan fingerprint density at radius 1 is 1.00 bits per heavy atom. The molecule has 2 saturated heterocycles. The SMILES string of the molecule is CC(=O)N1C[C@@H]2[C@H](n3c(Cc4cc(F)c(-c5cccc(OCc6ccc(C#N)cc6F)n5)cc4F)nc4ccc(C(=O)O)cc43)CO[C@@H]2C1. The van der Waals surface area contributed by atoms with Gasteiger partial charge in [-0.2, -0.15) is 5.26 Å². The summed E-state index contributed by atoms with van der Waals surface area (Å²) in [6.07, 6.45) is -0.331. The number of aromatic nitrogens is 3. The number of aromatic carboxylic acids is 1. The van der Waals surface area contributed by atoms with E-state index in [1.54, 1.807) is 17.0 Å². The lowest BCUT2D eigenvalue weighted by Gasteiger charge is -2.23. The van der Waals surface area contributed by atoms with E-state index < -0.39 is 23.4 Å². The summed E-state index contributed by atoms with van der Waals surface area (Å²) in [7, 11) is 0. The van der Waals surface area contributed by atoms with E-state index in [4.69, 9.17) is 19.7 Å². The minimum absolute atomic E-state index is 0.0206. The van der Waals surface area contributed by atoms with Gasteiger partial charge in [0.2, 0.25) is 11.8 Å². The maximum absolute atomic E-state index is 15.8. The molecule has 0 radical (unpaired) electrons. The predicted octanol–water partition coefficient (Wildman–Crippen LogP) is 5.67. The van der Waals surface area contributed by atoms with Crippen LogP contribution in [0.1, 0.15) is 45.8 Å². The molecule has 1 N–H and O–H groups in total. The minimum Gasteiger partial charge on any atom is -0.478 e. The van der Waals surface area contributed by atoms with Crippen molar-refractivity contribution in [3.63, 3.8) is 0 Å². The number of likely N-dealkylation sites (tertiary alicyclic amines) is 1. The third-order valence-corrected chi connectivity index (χ3v) is 9.11. The van der Waals surface area contributed by atoms with Crippen LogP contribution in [0.5, 0.6) is 5.88 Å². The second-order valence-electron chi connectivity index (χ2n) is 12.1. The van der Waals surface area contributed by atoms with Gasteiger partial charge in [0.15, 0.2) is 0 Å². The molecule has 248 valence electrons. The number of benzene rings is 3. The van der Waals surface area contributed by atoms with Gasteiger partial charge >= 0.3 is 5.97 Å². The summed E-state index contributed by atoms with van der Waals surface area (Å²) in [5, 5.41) is 18.6. The van der Waals surface area contributed by atoms with Crippen molar-refractivity contribution in [2.45, 2.75) is 32.1 Å². The first-order valence-corrected chi connectivity index (χ1v) is 15.5. The number of carboxylic acid groups (broad SMARTS) is 1. The smallest absolute Gasteiger partial charge is 0.335 e. The molecule has 5 aromatic rings. The molecule has 49 heavy (non-hydrogen) atoms. The number of ether oxygens (including phenoxy) is 2. The fourth-order valence-electron chi connectivity index (χ4n) is 6.61. The van der Waals surface area contributed by atoms with Crippen LogP contribution in [0.2, 0.25) is 0 Å². The van der Waals surface area contributed by atoms with Gasteiger partial charge in [-0.1, -0.05) is 12.1 Å². The zero-order valence-electron chi connectivity index (χ0n) is 26.1. The van der Waals surface area contributed by atoms with Gasteiger partial charge in [-0.05, 0) is 54.1 Å². The van der Waals surface area contributed by atoms with E-state index in [2.05, 4.69) is 4.98 Å². The Bertz CT molecular complexity index is 2180. The van der Waals surface area contributed by atoms with Crippen LogP contribution in [0.3, 0.4) is 0 Å². The first kappa shape index (κ1) is 31.8. The second kappa shape index (κ2) is 12.7. The number of carboxylic acids is 1. The summed E-state index contributed by atoms with van der Waals surface area (Å²) >= 11 is 0. The van der Waals surface area contributed by atoms with Gasteiger partial charge in [-0.3, -0.25) is 4.79 Å². The lowest BCUT2D eigenvalue weighted by atomic mass is 9.99. The number of carbonyl (C=O) groups excluding carboxylic acids is 1. The van der Waals surface area contributed by atoms with Crippen molar-refractivity contribution in [3.8, 4) is 23.2 Å². The summed E-state index contributed by atoms with van der Waals surface area (Å²) in [4.78, 5) is 34.7. The van der Waals surface area contributed by atoms with E-state index in [-0.39, 0.29) is 83.0 Å². The Hall–Kier alpha value is -5.74. The first-order chi connectivity index (χ1) is 23.6. The highest BCUT2D eigenvalue weighted by molar-refractivity contribution is 5.92. The predicted molar refractivity (Wildman–Crippen MR) is 169 cm³/mol. The molecule has 2 aliphatic rings. The van der Waals surface area contributed by atoms with Gasteiger partial charge in [0.25, 0.3) is 0 Å². The number of imidazole rings is 1. The highest BCUT2D eigenvalue weighted by atomic mass is 19.1. The Morgan fingerprint density at radius 2 is 1.82 bits per heavy atom. The number of hydrogen-bond donors (Lipinski definition) is 1. The molecule has 0 unspecified atom stereocenters. The molecular weight excluding hydrogens is 639 g/mol. The van der Waals surface area contributed by atoms with Crippen LogP contribution in [0.4, 0.5) is 13.2 Å². The summed E-state index contributed by atoms with van der Waals surface area (Å²) in [5.74, 6) is -2.92. The number of pyridine rings is 1. The molecule has 3 atom stereocenters. The van der Waals surface area contributed by atoms with Crippen LogP contribution in [0.15, 0.2) is 66.7 Å². The van der Waals surface area contributed by atoms with Crippen molar-refractivity contribution in [2.24, 2.45) is 5.92 Å². The zero-order chi connectivity index (χ0) is 34.4. The summed E-state index contributed by atoms with van der Waals surface area (Å²) in [6, 6.07) is 16.7. The summed E-state index contributed by atoms with van der Waals surface area (Å²) in [5.41, 5.74) is 1.43. The number of nitriles is 1. The molecule has 13 heteroatoms. The van der Waals surface area contributed by atoms with E-state index in [0.29, 0.717) is 29.9 Å². The maximum Gasteiger partial charge on any atom is 0.335 e. The van der Waals surface area contributed by atoms with Gasteiger partial charge in [0.05, 0.1) is 52.7 Å². The number of carbonyl (C=O) groups is 2. The van der Waals surface area contributed by atoms with Crippen molar-refractivity contribution >= 4 is 22.9 Å². The fourth-order valence-corrected chi connectivity index (χ4v) is 6.61. The zero-order valence-corrected chi connectivity index (χ0v) is 26.1. The summed E-state index contributed by atoms with van der Waals surface area (Å²) < 4.78 is 59.3. The van der Waals surface area contributed by atoms with Crippen LogP contribution in [0, 0.1) is 34.7 Å². The molecule has 1 amide bonds. The molecule has 2 fully saturated rings. The third kappa shape index (κ3) is 6.07. The van der Waals surface area contributed by atoms with Crippen molar-refractivity contribution in [2.75, 3.05) is 19.7 Å². The van der Waals surface area contributed by atoms with Crippen LogP contribution < -0.4 is 4.74 Å². The van der Waals surface area contributed by atoms with Gasteiger partial charge in [-0.25, -0.2) is 27.9 Å². The van der Waals surface area contributed by atoms with E-state index in [9.17, 15) is 19.1 Å². The van der Waals surface area contributed by atoms with Crippen molar-refractivity contribution < 1.29 is 37.3 Å². The highest BCUT2D eigenvalue weighted by Crippen LogP contribution is 2.40. The second-order valence-corrected chi connectivity index (χ2v) is 12.1. The van der Waals surface area contributed by atoms with Gasteiger partial charge in [0.1, 0.15) is 29.9 Å². The fraction of sp³-hybridized carbons (Fsp3) is 0.250. The largest absolute Gasteiger partial charge is 0.478 e.